The third-order valence-corrected chi connectivity index (χ3v) is 1.40. The van der Waals surface area contributed by atoms with Gasteiger partial charge in [-0.05, 0) is 12.8 Å². The third kappa shape index (κ3) is 4.77. The minimum Gasteiger partial charge on any atom is -0.356 e. The van der Waals surface area contributed by atoms with E-state index in [2.05, 4.69) is 13.8 Å². The minimum absolute atomic E-state index is 0.00606. The lowest BCUT2D eigenvalue weighted by molar-refractivity contribution is -0.125. The molecule has 0 heterocycles. The molecular formula is C8H18O2. The second-order valence-corrected chi connectivity index (χ2v) is 2.30. The summed E-state index contributed by atoms with van der Waals surface area (Å²) in [6.07, 6.45) is 3.24. The van der Waals surface area contributed by atoms with Crippen LogP contribution in [0.25, 0.3) is 0 Å². The van der Waals surface area contributed by atoms with Crippen molar-refractivity contribution in [3.05, 3.63) is 0 Å². The molecule has 0 N–H and O–H groups in total. The van der Waals surface area contributed by atoms with Gasteiger partial charge in [0.1, 0.15) is 0 Å². The Morgan fingerprint density at radius 2 is 2.00 bits per heavy atom. The predicted octanol–water partition coefficient (Wildman–Crippen LogP) is 2.19. The number of unbranched alkanes of at least 4 members (excludes halogenated alkanes) is 1. The highest BCUT2D eigenvalue weighted by Crippen LogP contribution is 1.99. The summed E-state index contributed by atoms with van der Waals surface area (Å²) in [5.74, 6) is 0. The Morgan fingerprint density at radius 3 is 2.40 bits per heavy atom. The zero-order valence-corrected chi connectivity index (χ0v) is 7.22. The molecule has 0 saturated carbocycles. The number of rotatable bonds is 6. The molecule has 10 heavy (non-hydrogen) atoms. The summed E-state index contributed by atoms with van der Waals surface area (Å²) in [5.41, 5.74) is 0. The topological polar surface area (TPSA) is 18.5 Å². The van der Waals surface area contributed by atoms with Crippen LogP contribution in [0.5, 0.6) is 0 Å². The van der Waals surface area contributed by atoms with E-state index < -0.39 is 0 Å². The van der Waals surface area contributed by atoms with E-state index in [1.807, 2.05) is 0 Å². The standard InChI is InChI=1S/C8H18O2/c1-4-6-7-10-8(5-2)9-3/h8H,4-7H2,1-3H3. The zero-order valence-electron chi connectivity index (χ0n) is 7.22. The van der Waals surface area contributed by atoms with Gasteiger partial charge >= 0.3 is 0 Å². The fourth-order valence-corrected chi connectivity index (χ4v) is 0.712. The van der Waals surface area contributed by atoms with Crippen molar-refractivity contribution in [2.24, 2.45) is 0 Å². The smallest absolute Gasteiger partial charge is 0.156 e. The van der Waals surface area contributed by atoms with Crippen LogP contribution in [0.3, 0.4) is 0 Å². The van der Waals surface area contributed by atoms with E-state index in [-0.39, 0.29) is 6.29 Å². The molecule has 0 bridgehead atoms. The van der Waals surface area contributed by atoms with E-state index in [1.165, 1.54) is 6.42 Å². The first-order chi connectivity index (χ1) is 4.85. The largest absolute Gasteiger partial charge is 0.356 e. The van der Waals surface area contributed by atoms with Gasteiger partial charge in [0.2, 0.25) is 0 Å². The Balaban J connectivity index is 3.09. The Hall–Kier alpha value is -0.0800. The van der Waals surface area contributed by atoms with Crippen molar-refractivity contribution in [2.45, 2.75) is 39.4 Å². The van der Waals surface area contributed by atoms with E-state index in [1.54, 1.807) is 7.11 Å². The lowest BCUT2D eigenvalue weighted by Crippen LogP contribution is -2.14. The molecule has 0 amide bonds. The number of ether oxygens (including phenoxy) is 2. The van der Waals surface area contributed by atoms with E-state index >= 15 is 0 Å². The molecule has 2 nitrogen and oxygen atoms in total. The van der Waals surface area contributed by atoms with Crippen LogP contribution in [0.4, 0.5) is 0 Å². The maximum Gasteiger partial charge on any atom is 0.156 e. The Labute approximate surface area is 63.5 Å². The number of hydrogen-bond donors (Lipinski definition) is 0. The first-order valence-corrected chi connectivity index (χ1v) is 3.99. The minimum atomic E-state index is 0.00606. The van der Waals surface area contributed by atoms with Gasteiger partial charge in [0, 0.05) is 13.7 Å². The molecule has 0 rings (SSSR count). The molecule has 0 spiro atoms. The highest BCUT2D eigenvalue weighted by atomic mass is 16.7. The molecule has 0 aromatic carbocycles. The van der Waals surface area contributed by atoms with Crippen LogP contribution >= 0.6 is 0 Å². The molecule has 0 aliphatic rings. The summed E-state index contributed by atoms with van der Waals surface area (Å²) in [6, 6.07) is 0. The molecule has 0 aromatic rings. The molecule has 2 heteroatoms. The lowest BCUT2D eigenvalue weighted by Gasteiger charge is -2.12. The fraction of sp³-hybridized carbons (Fsp3) is 1.00. The lowest BCUT2D eigenvalue weighted by atomic mass is 10.4. The van der Waals surface area contributed by atoms with Crippen LogP contribution in [0.1, 0.15) is 33.1 Å². The summed E-state index contributed by atoms with van der Waals surface area (Å²) >= 11 is 0. The maximum atomic E-state index is 5.36. The van der Waals surface area contributed by atoms with Gasteiger partial charge in [0.05, 0.1) is 0 Å². The van der Waals surface area contributed by atoms with Crippen molar-refractivity contribution >= 4 is 0 Å². The average Bonchev–Trinajstić information content (AvgIpc) is 1.99. The molecule has 1 unspecified atom stereocenters. The van der Waals surface area contributed by atoms with E-state index in [0.717, 1.165) is 19.4 Å². The van der Waals surface area contributed by atoms with Crippen molar-refractivity contribution in [1.29, 1.82) is 0 Å². The average molecular weight is 146 g/mol. The normalized spacial score (nSPS) is 13.5. The highest BCUT2D eigenvalue weighted by Gasteiger charge is 2.01. The van der Waals surface area contributed by atoms with Gasteiger partial charge in [-0.15, -0.1) is 0 Å². The van der Waals surface area contributed by atoms with Crippen molar-refractivity contribution < 1.29 is 9.47 Å². The van der Waals surface area contributed by atoms with Crippen molar-refractivity contribution in [3.63, 3.8) is 0 Å². The van der Waals surface area contributed by atoms with Gasteiger partial charge in [-0.25, -0.2) is 0 Å². The van der Waals surface area contributed by atoms with E-state index in [0.29, 0.717) is 0 Å². The maximum absolute atomic E-state index is 5.36. The van der Waals surface area contributed by atoms with Crippen molar-refractivity contribution in [1.82, 2.24) is 0 Å². The molecule has 0 radical (unpaired) electrons. The van der Waals surface area contributed by atoms with Crippen LogP contribution in [0.15, 0.2) is 0 Å². The monoisotopic (exact) mass is 146 g/mol. The van der Waals surface area contributed by atoms with E-state index in [9.17, 15) is 0 Å². The fourth-order valence-electron chi connectivity index (χ4n) is 0.712. The SMILES string of the molecule is CCCCOC(CC)OC. The zero-order chi connectivity index (χ0) is 7.82. The Kier molecular flexibility index (Phi) is 6.98. The van der Waals surface area contributed by atoms with Gasteiger partial charge in [0.15, 0.2) is 6.29 Å². The molecule has 0 aliphatic carbocycles. The van der Waals surface area contributed by atoms with Crippen LogP contribution < -0.4 is 0 Å². The molecule has 0 saturated heterocycles. The van der Waals surface area contributed by atoms with Crippen LogP contribution in [-0.4, -0.2) is 20.0 Å². The van der Waals surface area contributed by atoms with E-state index in [4.69, 9.17) is 9.47 Å². The Morgan fingerprint density at radius 1 is 1.30 bits per heavy atom. The number of methoxy groups -OCH3 is 1. The Bertz CT molecular complexity index is 60.3. The van der Waals surface area contributed by atoms with Crippen LogP contribution in [0, 0.1) is 0 Å². The molecule has 0 fully saturated rings. The molecule has 62 valence electrons. The summed E-state index contributed by atoms with van der Waals surface area (Å²) < 4.78 is 10.4. The third-order valence-electron chi connectivity index (χ3n) is 1.40. The summed E-state index contributed by atoms with van der Waals surface area (Å²) in [5, 5.41) is 0. The molecule has 1 atom stereocenters. The molecule has 0 aliphatic heterocycles. The molecule has 0 aromatic heterocycles. The van der Waals surface area contributed by atoms with Crippen molar-refractivity contribution in [2.75, 3.05) is 13.7 Å². The van der Waals surface area contributed by atoms with Gasteiger partial charge in [-0.1, -0.05) is 20.3 Å². The van der Waals surface area contributed by atoms with Crippen molar-refractivity contribution in [3.8, 4) is 0 Å². The van der Waals surface area contributed by atoms with Crippen LogP contribution in [-0.2, 0) is 9.47 Å². The summed E-state index contributed by atoms with van der Waals surface area (Å²) in [7, 11) is 1.68. The second-order valence-electron chi connectivity index (χ2n) is 2.30. The summed E-state index contributed by atoms with van der Waals surface area (Å²) in [6.45, 7) is 5.03. The van der Waals surface area contributed by atoms with Gasteiger partial charge in [-0.3, -0.25) is 0 Å². The first-order valence-electron chi connectivity index (χ1n) is 3.99. The summed E-state index contributed by atoms with van der Waals surface area (Å²) in [4.78, 5) is 0. The van der Waals surface area contributed by atoms with Crippen LogP contribution in [0.2, 0.25) is 0 Å². The van der Waals surface area contributed by atoms with Gasteiger partial charge < -0.3 is 9.47 Å². The predicted molar refractivity (Wildman–Crippen MR) is 41.9 cm³/mol. The highest BCUT2D eigenvalue weighted by molar-refractivity contribution is 4.38. The second kappa shape index (κ2) is 7.03. The molecular weight excluding hydrogens is 128 g/mol. The quantitative estimate of drug-likeness (QED) is 0.422. The van der Waals surface area contributed by atoms with Gasteiger partial charge in [-0.2, -0.15) is 0 Å². The first kappa shape index (κ1) is 9.92. The number of hydrogen-bond acceptors (Lipinski definition) is 2. The van der Waals surface area contributed by atoms with Gasteiger partial charge in [0.25, 0.3) is 0 Å².